The number of carbonyl (C=O) groups is 1. The summed E-state index contributed by atoms with van der Waals surface area (Å²) < 4.78 is 9.52. The summed E-state index contributed by atoms with van der Waals surface area (Å²) in [5.74, 6) is 5.17. The Morgan fingerprint density at radius 2 is 1.87 bits per heavy atom. The number of benzene rings is 1. The molecule has 0 amide bonds. The first-order chi connectivity index (χ1) is 7.22. The topological polar surface area (TPSA) is 70.8 Å². The van der Waals surface area contributed by atoms with Crippen molar-refractivity contribution in [3.05, 3.63) is 29.8 Å². The lowest BCUT2D eigenvalue weighted by Crippen LogP contribution is -2.20. The summed E-state index contributed by atoms with van der Waals surface area (Å²) >= 11 is 0. The number of hydrogen-bond donors (Lipinski definition) is 1. The molecule has 0 fully saturated rings. The van der Waals surface area contributed by atoms with Crippen LogP contribution in [0, 0.1) is 0 Å². The average molecular weight is 211 g/mol. The molecule has 0 heterocycles. The van der Waals surface area contributed by atoms with Crippen molar-refractivity contribution in [1.29, 1.82) is 0 Å². The van der Waals surface area contributed by atoms with Gasteiger partial charge in [-0.05, 0) is 17.7 Å². The first-order valence-corrected chi connectivity index (χ1v) is 4.30. The van der Waals surface area contributed by atoms with E-state index in [2.05, 4.69) is 9.57 Å². The van der Waals surface area contributed by atoms with Crippen molar-refractivity contribution in [3.8, 4) is 5.75 Å². The van der Waals surface area contributed by atoms with Crippen molar-refractivity contribution in [1.82, 2.24) is 0 Å². The largest absolute Gasteiger partial charge is 0.497 e. The SMILES string of the molecule is COC(=O)C(ON)c1ccc(OC)cc1. The van der Waals surface area contributed by atoms with Gasteiger partial charge in [0.15, 0.2) is 0 Å². The van der Waals surface area contributed by atoms with Crippen LogP contribution in [0.3, 0.4) is 0 Å². The quantitative estimate of drug-likeness (QED) is 0.589. The predicted molar refractivity (Wildman–Crippen MR) is 53.0 cm³/mol. The monoisotopic (exact) mass is 211 g/mol. The molecule has 5 nitrogen and oxygen atoms in total. The predicted octanol–water partition coefficient (Wildman–Crippen LogP) is 0.800. The van der Waals surface area contributed by atoms with Crippen molar-refractivity contribution in [2.45, 2.75) is 6.10 Å². The van der Waals surface area contributed by atoms with Crippen molar-refractivity contribution in [2.24, 2.45) is 5.90 Å². The Labute approximate surface area is 87.7 Å². The molecule has 1 unspecified atom stereocenters. The fraction of sp³-hybridized carbons (Fsp3) is 0.300. The van der Waals surface area contributed by atoms with Gasteiger partial charge in [-0.15, -0.1) is 0 Å². The van der Waals surface area contributed by atoms with Crippen molar-refractivity contribution < 1.29 is 19.1 Å². The number of methoxy groups -OCH3 is 2. The van der Waals surface area contributed by atoms with Gasteiger partial charge in [-0.2, -0.15) is 0 Å². The van der Waals surface area contributed by atoms with E-state index in [0.717, 1.165) is 0 Å². The molecule has 82 valence electrons. The van der Waals surface area contributed by atoms with Gasteiger partial charge in [0, 0.05) is 0 Å². The highest BCUT2D eigenvalue weighted by Gasteiger charge is 2.21. The maximum absolute atomic E-state index is 11.2. The lowest BCUT2D eigenvalue weighted by Gasteiger charge is -2.12. The summed E-state index contributed by atoms with van der Waals surface area (Å²) in [5, 5.41) is 0. The molecule has 0 bridgehead atoms. The van der Waals surface area contributed by atoms with E-state index in [-0.39, 0.29) is 0 Å². The number of hydrogen-bond acceptors (Lipinski definition) is 5. The van der Waals surface area contributed by atoms with Crippen LogP contribution in [-0.2, 0) is 14.4 Å². The van der Waals surface area contributed by atoms with Crippen LogP contribution in [0.2, 0.25) is 0 Å². The van der Waals surface area contributed by atoms with E-state index in [0.29, 0.717) is 11.3 Å². The van der Waals surface area contributed by atoms with Gasteiger partial charge in [0.1, 0.15) is 5.75 Å². The number of rotatable bonds is 4. The molecule has 0 spiro atoms. The fourth-order valence-electron chi connectivity index (χ4n) is 1.16. The van der Waals surface area contributed by atoms with Gasteiger partial charge >= 0.3 is 5.97 Å². The molecular formula is C10H13NO4. The summed E-state index contributed by atoms with van der Waals surface area (Å²) in [6, 6.07) is 6.80. The third-order valence-electron chi connectivity index (χ3n) is 1.97. The molecule has 1 rings (SSSR count). The molecule has 2 N–H and O–H groups in total. The maximum atomic E-state index is 11.2. The lowest BCUT2D eigenvalue weighted by molar-refractivity contribution is -0.155. The van der Waals surface area contributed by atoms with Crippen LogP contribution in [0.4, 0.5) is 0 Å². The molecule has 0 aliphatic rings. The van der Waals surface area contributed by atoms with Crippen molar-refractivity contribution in [3.63, 3.8) is 0 Å². The van der Waals surface area contributed by atoms with E-state index in [1.165, 1.54) is 7.11 Å². The first kappa shape index (κ1) is 11.5. The second-order valence-corrected chi connectivity index (χ2v) is 2.81. The molecular weight excluding hydrogens is 198 g/mol. The Kier molecular flexibility index (Phi) is 4.08. The normalized spacial score (nSPS) is 11.9. The smallest absolute Gasteiger partial charge is 0.341 e. The van der Waals surface area contributed by atoms with Gasteiger partial charge in [-0.25, -0.2) is 10.7 Å². The van der Waals surface area contributed by atoms with E-state index in [1.54, 1.807) is 31.4 Å². The lowest BCUT2D eigenvalue weighted by atomic mass is 10.1. The number of nitrogens with two attached hydrogens (primary N) is 1. The van der Waals surface area contributed by atoms with Crippen LogP contribution in [0.5, 0.6) is 5.75 Å². The van der Waals surface area contributed by atoms with Crippen LogP contribution in [0.25, 0.3) is 0 Å². The molecule has 0 aliphatic heterocycles. The number of esters is 1. The van der Waals surface area contributed by atoms with Gasteiger partial charge in [-0.1, -0.05) is 12.1 Å². The highest BCUT2D eigenvalue weighted by molar-refractivity contribution is 5.76. The van der Waals surface area contributed by atoms with Crippen LogP contribution < -0.4 is 10.6 Å². The summed E-state index contributed by atoms with van der Waals surface area (Å²) in [7, 11) is 2.84. The molecule has 0 aromatic heterocycles. The first-order valence-electron chi connectivity index (χ1n) is 4.30. The fourth-order valence-corrected chi connectivity index (χ4v) is 1.16. The molecule has 15 heavy (non-hydrogen) atoms. The van der Waals surface area contributed by atoms with Gasteiger partial charge in [-0.3, -0.25) is 4.84 Å². The third kappa shape index (κ3) is 2.68. The molecule has 0 aliphatic carbocycles. The second kappa shape index (κ2) is 5.33. The van der Waals surface area contributed by atoms with E-state index < -0.39 is 12.1 Å². The minimum atomic E-state index is -0.902. The molecule has 1 aromatic rings. The Bertz CT molecular complexity index is 323. The molecule has 1 atom stereocenters. The highest BCUT2D eigenvalue weighted by atomic mass is 16.6. The number of ether oxygens (including phenoxy) is 2. The minimum Gasteiger partial charge on any atom is -0.497 e. The van der Waals surface area contributed by atoms with Gasteiger partial charge in [0.2, 0.25) is 6.10 Å². The summed E-state index contributed by atoms with van der Waals surface area (Å²) in [6.07, 6.45) is -0.902. The van der Waals surface area contributed by atoms with Crippen LogP contribution in [-0.4, -0.2) is 20.2 Å². The highest BCUT2D eigenvalue weighted by Crippen LogP contribution is 2.20. The molecule has 0 radical (unpaired) electrons. The minimum absolute atomic E-state index is 0.539. The zero-order valence-electron chi connectivity index (χ0n) is 8.60. The van der Waals surface area contributed by atoms with Gasteiger partial charge < -0.3 is 9.47 Å². The average Bonchev–Trinajstić information content (AvgIpc) is 2.30. The zero-order chi connectivity index (χ0) is 11.3. The Hall–Kier alpha value is -1.59. The summed E-state index contributed by atoms with van der Waals surface area (Å²) in [5.41, 5.74) is 0.616. The second-order valence-electron chi connectivity index (χ2n) is 2.81. The molecule has 0 saturated heterocycles. The summed E-state index contributed by atoms with van der Waals surface area (Å²) in [6.45, 7) is 0. The molecule has 1 aromatic carbocycles. The third-order valence-corrected chi connectivity index (χ3v) is 1.97. The van der Waals surface area contributed by atoms with Gasteiger partial charge in [0.05, 0.1) is 14.2 Å². The van der Waals surface area contributed by atoms with Crippen molar-refractivity contribution in [2.75, 3.05) is 14.2 Å². The van der Waals surface area contributed by atoms with E-state index in [1.807, 2.05) is 0 Å². The van der Waals surface area contributed by atoms with Crippen LogP contribution in [0.15, 0.2) is 24.3 Å². The van der Waals surface area contributed by atoms with Crippen LogP contribution >= 0.6 is 0 Å². The number of carbonyl (C=O) groups excluding carboxylic acids is 1. The summed E-state index contributed by atoms with van der Waals surface area (Å²) in [4.78, 5) is 15.8. The maximum Gasteiger partial charge on any atom is 0.341 e. The Balaban J connectivity index is 2.87. The van der Waals surface area contributed by atoms with E-state index in [4.69, 9.17) is 10.6 Å². The Morgan fingerprint density at radius 3 is 2.27 bits per heavy atom. The zero-order valence-corrected chi connectivity index (χ0v) is 8.60. The van der Waals surface area contributed by atoms with Crippen LogP contribution in [0.1, 0.15) is 11.7 Å². The van der Waals surface area contributed by atoms with E-state index in [9.17, 15) is 4.79 Å². The standard InChI is InChI=1S/C10H13NO4/c1-13-8-5-3-7(4-6-8)9(15-11)10(12)14-2/h3-6,9H,11H2,1-2H3. The van der Waals surface area contributed by atoms with E-state index >= 15 is 0 Å². The molecule has 0 saturated carbocycles. The van der Waals surface area contributed by atoms with Gasteiger partial charge in [0.25, 0.3) is 0 Å². The van der Waals surface area contributed by atoms with Crippen molar-refractivity contribution >= 4 is 5.97 Å². The Morgan fingerprint density at radius 1 is 1.27 bits per heavy atom. The molecule has 5 heteroatoms.